The van der Waals surface area contributed by atoms with Gasteiger partial charge in [-0.2, -0.15) is 0 Å². The van der Waals surface area contributed by atoms with E-state index in [1.165, 1.54) is 17.3 Å². The highest BCUT2D eigenvalue weighted by Crippen LogP contribution is 2.34. The second-order valence-corrected chi connectivity index (χ2v) is 6.52. The van der Waals surface area contributed by atoms with Crippen LogP contribution in [0.25, 0.3) is 11.0 Å². The number of fused-ring (bicyclic) bond motifs is 2. The summed E-state index contributed by atoms with van der Waals surface area (Å²) in [6.45, 7) is 2.27. The zero-order chi connectivity index (χ0) is 16.5. The Kier molecular flexibility index (Phi) is 3.78. The van der Waals surface area contributed by atoms with Gasteiger partial charge in [-0.15, -0.1) is 0 Å². The number of anilines is 1. The number of carbonyl (C=O) groups excluding carboxylic acids is 1. The predicted octanol–water partition coefficient (Wildman–Crippen LogP) is 2.75. The number of nitrogens with one attached hydrogen (secondary N) is 3. The van der Waals surface area contributed by atoms with Crippen molar-refractivity contribution in [2.24, 2.45) is 0 Å². The van der Waals surface area contributed by atoms with E-state index < -0.39 is 0 Å². The van der Waals surface area contributed by atoms with Crippen molar-refractivity contribution in [1.29, 1.82) is 0 Å². The fourth-order valence-corrected chi connectivity index (χ4v) is 3.24. The molecule has 0 atom stereocenters. The van der Waals surface area contributed by atoms with E-state index in [1.54, 1.807) is 18.2 Å². The maximum absolute atomic E-state index is 12.1. The van der Waals surface area contributed by atoms with Gasteiger partial charge in [0.05, 0.1) is 5.75 Å². The van der Waals surface area contributed by atoms with Crippen molar-refractivity contribution >= 4 is 34.4 Å². The van der Waals surface area contributed by atoms with Gasteiger partial charge in [-0.1, -0.05) is 6.07 Å². The van der Waals surface area contributed by atoms with Crippen molar-refractivity contribution in [1.82, 2.24) is 4.98 Å². The smallest absolute Gasteiger partial charge is 0.315 e. The van der Waals surface area contributed by atoms with E-state index in [0.29, 0.717) is 22.9 Å². The highest BCUT2D eigenvalue weighted by Gasteiger charge is 2.16. The molecule has 0 spiro atoms. The molecule has 0 fully saturated rings. The first kappa shape index (κ1) is 14.9. The van der Waals surface area contributed by atoms with Crippen LogP contribution in [0.5, 0.6) is 11.5 Å². The summed E-state index contributed by atoms with van der Waals surface area (Å²) in [6, 6.07) is 11.5. The van der Waals surface area contributed by atoms with E-state index in [4.69, 9.17) is 9.47 Å². The summed E-state index contributed by atoms with van der Waals surface area (Å²) in [5.74, 6) is 1.57. The SMILES string of the molecule is Cc1ccc2[nH+]c(SCC(=O)Nc3ccc4c(c3)OCO4)[nH]c2c1. The number of imidazole rings is 1. The molecule has 0 saturated carbocycles. The number of hydrogen-bond donors (Lipinski definition) is 2. The van der Waals surface area contributed by atoms with E-state index in [0.717, 1.165) is 16.2 Å². The summed E-state index contributed by atoms with van der Waals surface area (Å²) >= 11 is 1.43. The molecule has 1 aliphatic rings. The number of hydrogen-bond acceptors (Lipinski definition) is 4. The number of rotatable bonds is 4. The summed E-state index contributed by atoms with van der Waals surface area (Å²) in [5.41, 5.74) is 3.95. The van der Waals surface area contributed by atoms with Crippen LogP contribution in [0.3, 0.4) is 0 Å². The molecule has 7 heteroatoms. The molecule has 1 amide bonds. The van der Waals surface area contributed by atoms with E-state index in [9.17, 15) is 4.79 Å². The van der Waals surface area contributed by atoms with Gasteiger partial charge >= 0.3 is 5.16 Å². The lowest BCUT2D eigenvalue weighted by Crippen LogP contribution is -2.15. The van der Waals surface area contributed by atoms with Gasteiger partial charge in [0.15, 0.2) is 22.5 Å². The molecule has 0 radical (unpaired) electrons. The first-order chi connectivity index (χ1) is 11.7. The number of aryl methyl sites for hydroxylation is 1. The molecule has 6 nitrogen and oxygen atoms in total. The number of aromatic amines is 2. The number of H-pyrrole nitrogens is 2. The van der Waals surface area contributed by atoms with Gasteiger partial charge in [0.1, 0.15) is 0 Å². The zero-order valence-electron chi connectivity index (χ0n) is 13.0. The highest BCUT2D eigenvalue weighted by atomic mass is 32.2. The Morgan fingerprint density at radius 2 is 2.12 bits per heavy atom. The zero-order valence-corrected chi connectivity index (χ0v) is 13.8. The Morgan fingerprint density at radius 1 is 1.25 bits per heavy atom. The molecule has 0 bridgehead atoms. The Balaban J connectivity index is 1.39. The molecule has 2 heterocycles. The molecular weight excluding hydrogens is 326 g/mol. The van der Waals surface area contributed by atoms with Crippen molar-refractivity contribution in [3.8, 4) is 11.5 Å². The Morgan fingerprint density at radius 3 is 3.04 bits per heavy atom. The number of aromatic nitrogens is 2. The topological polar surface area (TPSA) is 77.5 Å². The first-order valence-electron chi connectivity index (χ1n) is 7.51. The van der Waals surface area contributed by atoms with Crippen molar-refractivity contribution in [2.75, 3.05) is 17.9 Å². The minimum atomic E-state index is -0.0814. The van der Waals surface area contributed by atoms with Crippen molar-refractivity contribution in [3.63, 3.8) is 0 Å². The molecule has 1 aliphatic heterocycles. The van der Waals surface area contributed by atoms with Gasteiger partial charge in [0.2, 0.25) is 12.7 Å². The third-order valence-corrected chi connectivity index (χ3v) is 4.57. The van der Waals surface area contributed by atoms with E-state index in [-0.39, 0.29) is 12.7 Å². The third kappa shape index (κ3) is 3.03. The molecule has 0 saturated heterocycles. The van der Waals surface area contributed by atoms with Crippen LogP contribution in [0.1, 0.15) is 5.56 Å². The molecule has 4 rings (SSSR count). The van der Waals surface area contributed by atoms with Crippen LogP contribution < -0.4 is 19.8 Å². The van der Waals surface area contributed by atoms with Crippen molar-refractivity contribution < 1.29 is 19.3 Å². The van der Waals surface area contributed by atoms with Gasteiger partial charge in [-0.25, -0.2) is 9.97 Å². The number of benzene rings is 2. The molecular formula is C17H16N3O3S+. The standard InChI is InChI=1S/C17H15N3O3S/c1-10-2-4-12-13(6-10)20-17(19-12)24-8-16(21)18-11-3-5-14-15(7-11)23-9-22-14/h2-7H,8-9H2,1H3,(H,18,21)(H,19,20)/p+1. The summed E-state index contributed by atoms with van der Waals surface area (Å²) < 4.78 is 10.6. The lowest BCUT2D eigenvalue weighted by Gasteiger charge is -2.04. The number of amides is 1. The second kappa shape index (κ2) is 6.09. The average molecular weight is 342 g/mol. The Bertz CT molecular complexity index is 923. The largest absolute Gasteiger partial charge is 0.454 e. The van der Waals surface area contributed by atoms with Crippen LogP contribution in [0.15, 0.2) is 41.6 Å². The number of thioether (sulfide) groups is 1. The molecule has 2 aromatic carbocycles. The van der Waals surface area contributed by atoms with Gasteiger partial charge in [-0.3, -0.25) is 4.79 Å². The van der Waals surface area contributed by atoms with Crippen LogP contribution >= 0.6 is 11.8 Å². The molecule has 3 N–H and O–H groups in total. The summed E-state index contributed by atoms with van der Waals surface area (Å²) in [6.07, 6.45) is 0. The molecule has 122 valence electrons. The van der Waals surface area contributed by atoms with Crippen LogP contribution in [-0.2, 0) is 4.79 Å². The fourth-order valence-electron chi connectivity index (χ4n) is 2.53. The lowest BCUT2D eigenvalue weighted by molar-refractivity contribution is -0.396. The highest BCUT2D eigenvalue weighted by molar-refractivity contribution is 7.99. The molecule has 0 unspecified atom stereocenters. The minimum Gasteiger partial charge on any atom is -0.454 e. The molecule has 3 aromatic rings. The van der Waals surface area contributed by atoms with Crippen LogP contribution in [0.4, 0.5) is 5.69 Å². The maximum atomic E-state index is 12.1. The predicted molar refractivity (Wildman–Crippen MR) is 91.5 cm³/mol. The normalized spacial score (nSPS) is 12.5. The van der Waals surface area contributed by atoms with Gasteiger partial charge in [-0.05, 0) is 48.5 Å². The lowest BCUT2D eigenvalue weighted by atomic mass is 10.2. The van der Waals surface area contributed by atoms with E-state index in [2.05, 4.69) is 21.4 Å². The van der Waals surface area contributed by atoms with Crippen LogP contribution in [0.2, 0.25) is 0 Å². The molecule has 24 heavy (non-hydrogen) atoms. The van der Waals surface area contributed by atoms with Gasteiger partial charge < -0.3 is 14.8 Å². The van der Waals surface area contributed by atoms with E-state index in [1.807, 2.05) is 19.1 Å². The third-order valence-electron chi connectivity index (χ3n) is 3.68. The van der Waals surface area contributed by atoms with E-state index >= 15 is 0 Å². The van der Waals surface area contributed by atoms with Gasteiger partial charge in [0.25, 0.3) is 0 Å². The van der Waals surface area contributed by atoms with Crippen molar-refractivity contribution in [2.45, 2.75) is 12.1 Å². The van der Waals surface area contributed by atoms with Crippen LogP contribution in [-0.4, -0.2) is 23.4 Å². The summed E-state index contributed by atoms with van der Waals surface area (Å²) in [5, 5.41) is 3.72. The van der Waals surface area contributed by atoms with Gasteiger partial charge in [0, 0.05) is 11.8 Å². The molecule has 1 aromatic heterocycles. The summed E-state index contributed by atoms with van der Waals surface area (Å²) in [4.78, 5) is 18.7. The van der Waals surface area contributed by atoms with Crippen LogP contribution in [0, 0.1) is 6.92 Å². The number of ether oxygens (including phenoxy) is 2. The fraction of sp³-hybridized carbons (Fsp3) is 0.176. The Labute approximate surface area is 142 Å². The van der Waals surface area contributed by atoms with Crippen molar-refractivity contribution in [3.05, 3.63) is 42.0 Å². The maximum Gasteiger partial charge on any atom is 0.315 e. The Hall–Kier alpha value is -2.67. The minimum absolute atomic E-state index is 0.0814. The second-order valence-electron chi connectivity index (χ2n) is 5.53. The quantitative estimate of drug-likeness (QED) is 0.715. The first-order valence-corrected chi connectivity index (χ1v) is 8.50. The average Bonchev–Trinajstić information content (AvgIpc) is 3.18. The monoisotopic (exact) mass is 342 g/mol. The molecule has 0 aliphatic carbocycles. The summed E-state index contributed by atoms with van der Waals surface area (Å²) in [7, 11) is 0. The number of carbonyl (C=O) groups is 1.